The maximum Gasteiger partial charge on any atom is 0.271 e. The summed E-state index contributed by atoms with van der Waals surface area (Å²) in [6.07, 6.45) is 0. The van der Waals surface area contributed by atoms with Crippen LogP contribution in [0.4, 0.5) is 5.69 Å². The summed E-state index contributed by atoms with van der Waals surface area (Å²) in [7, 11) is -3.57. The van der Waals surface area contributed by atoms with Crippen molar-refractivity contribution in [2.24, 2.45) is 5.73 Å². The average molecular weight is 407 g/mol. The van der Waals surface area contributed by atoms with Crippen LogP contribution in [0.3, 0.4) is 0 Å². The molecule has 0 bridgehead atoms. The molecule has 0 radical (unpaired) electrons. The highest BCUT2D eigenvalue weighted by atomic mass is 79.9. The number of hydrogen-bond acceptors (Lipinski definition) is 5. The van der Waals surface area contributed by atoms with E-state index in [1.54, 1.807) is 30.3 Å². The Hall–Kier alpha value is -1.16. The number of halogens is 1. The normalized spacial score (nSPS) is 11.1. The standard InChI is InChI=1S/C12H11BrN2O3S3/c13-10-5-6-12(20-10)21(16,17)15-8-1-3-9(4-2-8)18-7-11(14)19/h1-6,15H,7H2,(H2,14,19). The third kappa shape index (κ3) is 4.67. The zero-order valence-electron chi connectivity index (χ0n) is 10.6. The Bertz CT molecular complexity index is 741. The van der Waals surface area contributed by atoms with Gasteiger partial charge in [0.05, 0.1) is 3.79 Å². The molecule has 112 valence electrons. The number of rotatable bonds is 6. The fourth-order valence-corrected chi connectivity index (χ4v) is 4.55. The van der Waals surface area contributed by atoms with Crippen molar-refractivity contribution in [2.75, 3.05) is 11.3 Å². The molecule has 1 heterocycles. The number of nitrogens with one attached hydrogen (secondary N) is 1. The highest BCUT2D eigenvalue weighted by Crippen LogP contribution is 2.28. The van der Waals surface area contributed by atoms with E-state index in [0.717, 1.165) is 15.1 Å². The smallest absolute Gasteiger partial charge is 0.271 e. The monoisotopic (exact) mass is 406 g/mol. The van der Waals surface area contributed by atoms with Gasteiger partial charge < -0.3 is 10.5 Å². The Kier molecular flexibility index (Phi) is 5.20. The Balaban J connectivity index is 2.08. The molecule has 1 aromatic carbocycles. The first-order chi connectivity index (χ1) is 9.87. The first-order valence-electron chi connectivity index (χ1n) is 5.66. The van der Waals surface area contributed by atoms with Crippen molar-refractivity contribution in [2.45, 2.75) is 4.21 Å². The lowest BCUT2D eigenvalue weighted by Gasteiger charge is -2.08. The first-order valence-corrected chi connectivity index (χ1v) is 9.16. The fourth-order valence-electron chi connectivity index (χ4n) is 1.42. The molecule has 0 saturated carbocycles. The Labute approximate surface area is 140 Å². The van der Waals surface area contributed by atoms with Gasteiger partial charge in [-0.3, -0.25) is 4.72 Å². The van der Waals surface area contributed by atoms with E-state index >= 15 is 0 Å². The Morgan fingerprint density at radius 2 is 1.95 bits per heavy atom. The van der Waals surface area contributed by atoms with Crippen LogP contribution in [0.1, 0.15) is 0 Å². The third-order valence-electron chi connectivity index (χ3n) is 2.30. The third-order valence-corrected chi connectivity index (χ3v) is 5.92. The fraction of sp³-hybridized carbons (Fsp3) is 0.0833. The van der Waals surface area contributed by atoms with Crippen LogP contribution in [0.15, 0.2) is 44.4 Å². The predicted octanol–water partition coefficient (Wildman–Crippen LogP) is 2.98. The van der Waals surface area contributed by atoms with E-state index in [0.29, 0.717) is 11.4 Å². The van der Waals surface area contributed by atoms with Crippen molar-refractivity contribution in [3.8, 4) is 5.75 Å². The molecule has 0 aliphatic carbocycles. The van der Waals surface area contributed by atoms with Crippen molar-refractivity contribution in [1.29, 1.82) is 0 Å². The molecule has 3 N–H and O–H groups in total. The van der Waals surface area contributed by atoms with Gasteiger partial charge in [-0.25, -0.2) is 8.42 Å². The molecular formula is C12H11BrN2O3S3. The molecule has 0 saturated heterocycles. The molecule has 5 nitrogen and oxygen atoms in total. The number of hydrogen-bond donors (Lipinski definition) is 2. The summed E-state index contributed by atoms with van der Waals surface area (Å²) in [6.45, 7) is 0.142. The van der Waals surface area contributed by atoms with Gasteiger partial charge in [0.15, 0.2) is 0 Å². The maximum atomic E-state index is 12.1. The van der Waals surface area contributed by atoms with Gasteiger partial charge in [-0.05, 0) is 52.3 Å². The Morgan fingerprint density at radius 3 is 2.48 bits per heavy atom. The van der Waals surface area contributed by atoms with Crippen LogP contribution < -0.4 is 15.2 Å². The number of anilines is 1. The van der Waals surface area contributed by atoms with Crippen molar-refractivity contribution in [3.05, 3.63) is 40.2 Å². The van der Waals surface area contributed by atoms with Crippen molar-refractivity contribution >= 4 is 60.2 Å². The molecule has 0 amide bonds. The number of thiocarbonyl (C=S) groups is 1. The van der Waals surface area contributed by atoms with Gasteiger partial charge in [-0.2, -0.15) is 0 Å². The zero-order chi connectivity index (χ0) is 15.5. The molecule has 0 aliphatic heterocycles. The number of nitrogens with two attached hydrogens (primary N) is 1. The van der Waals surface area contributed by atoms with E-state index in [9.17, 15) is 8.42 Å². The Morgan fingerprint density at radius 1 is 1.29 bits per heavy atom. The van der Waals surface area contributed by atoms with E-state index in [1.165, 1.54) is 6.07 Å². The molecule has 0 aliphatic rings. The summed E-state index contributed by atoms with van der Waals surface area (Å²) in [5.41, 5.74) is 5.78. The lowest BCUT2D eigenvalue weighted by molar-refractivity contribution is 0.377. The second kappa shape index (κ2) is 6.73. The van der Waals surface area contributed by atoms with Crippen LogP contribution in [0.2, 0.25) is 0 Å². The number of benzene rings is 1. The predicted molar refractivity (Wildman–Crippen MR) is 91.5 cm³/mol. The molecule has 0 fully saturated rings. The van der Waals surface area contributed by atoms with Gasteiger partial charge in [-0.15, -0.1) is 11.3 Å². The summed E-state index contributed by atoms with van der Waals surface area (Å²) < 4.78 is 33.0. The molecule has 2 aromatic rings. The molecular weight excluding hydrogens is 396 g/mol. The minimum Gasteiger partial charge on any atom is -0.487 e. The number of sulfonamides is 1. The summed E-state index contributed by atoms with van der Waals surface area (Å²) >= 11 is 9.09. The van der Waals surface area contributed by atoms with Crippen LogP contribution >= 0.6 is 39.5 Å². The van der Waals surface area contributed by atoms with E-state index in [-0.39, 0.29) is 15.8 Å². The summed E-state index contributed by atoms with van der Waals surface area (Å²) in [6, 6.07) is 9.72. The van der Waals surface area contributed by atoms with Crippen molar-refractivity contribution < 1.29 is 13.2 Å². The molecule has 0 unspecified atom stereocenters. The number of thiophene rings is 1. The highest BCUT2D eigenvalue weighted by molar-refractivity contribution is 9.11. The van der Waals surface area contributed by atoms with Crippen LogP contribution in [0.25, 0.3) is 0 Å². The SMILES string of the molecule is NC(=S)COc1ccc(NS(=O)(=O)c2ccc(Br)s2)cc1. The van der Waals surface area contributed by atoms with Crippen LogP contribution in [-0.2, 0) is 10.0 Å². The molecule has 0 spiro atoms. The highest BCUT2D eigenvalue weighted by Gasteiger charge is 2.16. The van der Waals surface area contributed by atoms with Gasteiger partial charge in [0.2, 0.25) is 0 Å². The average Bonchev–Trinajstić information content (AvgIpc) is 2.85. The van der Waals surface area contributed by atoms with Gasteiger partial charge in [0.1, 0.15) is 21.6 Å². The van der Waals surface area contributed by atoms with Crippen LogP contribution in [0.5, 0.6) is 5.75 Å². The van der Waals surface area contributed by atoms with Gasteiger partial charge in [0, 0.05) is 5.69 Å². The quantitative estimate of drug-likeness (QED) is 0.720. The molecule has 2 rings (SSSR count). The summed E-state index contributed by atoms with van der Waals surface area (Å²) in [5.74, 6) is 0.560. The number of ether oxygens (including phenoxy) is 1. The van der Waals surface area contributed by atoms with Crippen molar-refractivity contribution in [1.82, 2.24) is 0 Å². The second-order valence-electron chi connectivity index (χ2n) is 3.94. The maximum absolute atomic E-state index is 12.1. The van der Waals surface area contributed by atoms with Crippen molar-refractivity contribution in [3.63, 3.8) is 0 Å². The van der Waals surface area contributed by atoms with E-state index in [2.05, 4.69) is 20.7 Å². The lowest BCUT2D eigenvalue weighted by atomic mass is 10.3. The van der Waals surface area contributed by atoms with E-state index < -0.39 is 10.0 Å². The first kappa shape index (κ1) is 16.2. The molecule has 9 heteroatoms. The van der Waals surface area contributed by atoms with Crippen LogP contribution in [0, 0.1) is 0 Å². The second-order valence-corrected chi connectivity index (χ2v) is 8.84. The van der Waals surface area contributed by atoms with Crippen LogP contribution in [-0.4, -0.2) is 20.0 Å². The minimum absolute atomic E-state index is 0.142. The zero-order valence-corrected chi connectivity index (χ0v) is 14.6. The molecule has 1 aromatic heterocycles. The summed E-state index contributed by atoms with van der Waals surface area (Å²) in [4.78, 5) is 0.253. The lowest BCUT2D eigenvalue weighted by Crippen LogP contribution is -2.17. The molecule has 21 heavy (non-hydrogen) atoms. The largest absolute Gasteiger partial charge is 0.487 e. The summed E-state index contributed by atoms with van der Waals surface area (Å²) in [5, 5.41) is 0. The molecule has 0 atom stereocenters. The van der Waals surface area contributed by atoms with Gasteiger partial charge in [0.25, 0.3) is 10.0 Å². The van der Waals surface area contributed by atoms with Gasteiger partial charge in [-0.1, -0.05) is 12.2 Å². The van der Waals surface area contributed by atoms with E-state index in [1.807, 2.05) is 0 Å². The topological polar surface area (TPSA) is 81.4 Å². The van der Waals surface area contributed by atoms with Gasteiger partial charge >= 0.3 is 0 Å². The van der Waals surface area contributed by atoms with E-state index in [4.69, 9.17) is 22.7 Å². The minimum atomic E-state index is -3.57.